The molecule has 128 valence electrons. The highest BCUT2D eigenvalue weighted by Gasteiger charge is 2.07. The van der Waals surface area contributed by atoms with Crippen LogP contribution < -0.4 is 16.0 Å². The quantitative estimate of drug-likeness (QED) is 0.468. The van der Waals surface area contributed by atoms with Crippen LogP contribution in [0.4, 0.5) is 0 Å². The first-order valence-electron chi connectivity index (χ1n) is 8.05. The van der Waals surface area contributed by atoms with Gasteiger partial charge in [-0.3, -0.25) is 19.3 Å². The van der Waals surface area contributed by atoms with Gasteiger partial charge in [0.15, 0.2) is 0 Å². The Bertz CT molecular complexity index is 295. The number of nitrogens with one attached hydrogen (secondary N) is 3. The van der Waals surface area contributed by atoms with Gasteiger partial charge in [0.1, 0.15) is 0 Å². The average Bonchev–Trinajstić information content (AvgIpc) is 2.53. The van der Waals surface area contributed by atoms with Gasteiger partial charge in [-0.05, 0) is 0 Å². The van der Waals surface area contributed by atoms with Gasteiger partial charge in [0.05, 0.1) is 0 Å². The average molecular weight is 314 g/mol. The van der Waals surface area contributed by atoms with Gasteiger partial charge in [0.2, 0.25) is 17.7 Å². The van der Waals surface area contributed by atoms with E-state index in [0.717, 1.165) is 0 Å². The van der Waals surface area contributed by atoms with Crippen LogP contribution in [0.1, 0.15) is 40.0 Å². The minimum absolute atomic E-state index is 0.0264. The van der Waals surface area contributed by atoms with E-state index in [9.17, 15) is 14.4 Å². The van der Waals surface area contributed by atoms with Crippen molar-refractivity contribution in [2.45, 2.75) is 40.0 Å². The lowest BCUT2D eigenvalue weighted by Gasteiger charge is -2.22. The molecule has 0 spiro atoms. The van der Waals surface area contributed by atoms with Crippen molar-refractivity contribution in [3.63, 3.8) is 0 Å². The van der Waals surface area contributed by atoms with E-state index in [1.54, 1.807) is 0 Å². The van der Waals surface area contributed by atoms with Crippen molar-refractivity contribution in [1.29, 1.82) is 0 Å². The Balaban J connectivity index is 4.09. The van der Waals surface area contributed by atoms with E-state index in [1.165, 1.54) is 0 Å². The molecule has 0 aromatic rings. The molecule has 3 N–H and O–H groups in total. The smallest absolute Gasteiger partial charge is 0.219 e. The van der Waals surface area contributed by atoms with Gasteiger partial charge in [-0.15, -0.1) is 0 Å². The number of amides is 3. The summed E-state index contributed by atoms with van der Waals surface area (Å²) in [5, 5.41) is 8.48. The Morgan fingerprint density at radius 3 is 1.14 bits per heavy atom. The molecule has 0 aliphatic heterocycles. The van der Waals surface area contributed by atoms with Gasteiger partial charge >= 0.3 is 0 Å². The standard InChI is InChI=1S/C15H30N4O3/c1-4-13(20)16-7-10-19(11-8-17-14(21)5-2)12-9-18-15(22)6-3/h4-12H2,1-3H3,(H,16,20)(H,17,21)(H,18,22). The minimum atomic E-state index is 0.0264. The Morgan fingerprint density at radius 1 is 0.636 bits per heavy atom. The van der Waals surface area contributed by atoms with E-state index < -0.39 is 0 Å². The van der Waals surface area contributed by atoms with Crippen LogP contribution >= 0.6 is 0 Å². The Morgan fingerprint density at radius 2 is 0.909 bits per heavy atom. The molecule has 0 radical (unpaired) electrons. The van der Waals surface area contributed by atoms with E-state index >= 15 is 0 Å². The fourth-order valence-electron chi connectivity index (χ4n) is 1.77. The van der Waals surface area contributed by atoms with Gasteiger partial charge in [-0.25, -0.2) is 0 Å². The summed E-state index contributed by atoms with van der Waals surface area (Å²) in [5.41, 5.74) is 0. The second kappa shape index (κ2) is 13.1. The molecule has 7 heteroatoms. The zero-order valence-electron chi connectivity index (χ0n) is 14.0. The number of hydrogen-bond donors (Lipinski definition) is 3. The molecular weight excluding hydrogens is 284 g/mol. The number of carbonyl (C=O) groups excluding carboxylic acids is 3. The molecule has 0 aliphatic rings. The lowest BCUT2D eigenvalue weighted by Crippen LogP contribution is -2.42. The molecule has 0 heterocycles. The van der Waals surface area contributed by atoms with Crippen LogP contribution in [0.15, 0.2) is 0 Å². The second-order valence-electron chi connectivity index (χ2n) is 4.95. The van der Waals surface area contributed by atoms with Crippen LogP contribution in [0.3, 0.4) is 0 Å². The maximum absolute atomic E-state index is 11.2. The molecule has 0 saturated carbocycles. The third-order valence-electron chi connectivity index (χ3n) is 3.21. The van der Waals surface area contributed by atoms with E-state index in [0.29, 0.717) is 58.5 Å². The summed E-state index contributed by atoms with van der Waals surface area (Å²) in [6.07, 6.45) is 1.41. The molecule has 7 nitrogen and oxygen atoms in total. The summed E-state index contributed by atoms with van der Waals surface area (Å²) in [6.45, 7) is 9.21. The second-order valence-corrected chi connectivity index (χ2v) is 4.95. The van der Waals surface area contributed by atoms with Crippen LogP contribution in [-0.4, -0.2) is 61.9 Å². The summed E-state index contributed by atoms with van der Waals surface area (Å²) >= 11 is 0. The molecular formula is C15H30N4O3. The first kappa shape index (κ1) is 20.4. The van der Waals surface area contributed by atoms with Crippen LogP contribution in [0.2, 0.25) is 0 Å². The molecule has 0 aliphatic carbocycles. The van der Waals surface area contributed by atoms with E-state index in [2.05, 4.69) is 20.9 Å². The molecule has 0 atom stereocenters. The van der Waals surface area contributed by atoms with Crippen molar-refractivity contribution in [2.24, 2.45) is 0 Å². The number of rotatable bonds is 12. The van der Waals surface area contributed by atoms with Crippen LogP contribution in [0.25, 0.3) is 0 Å². The van der Waals surface area contributed by atoms with Crippen LogP contribution in [0, 0.1) is 0 Å². The van der Waals surface area contributed by atoms with Crippen LogP contribution in [0.5, 0.6) is 0 Å². The Labute approximate surface area is 133 Å². The fourth-order valence-corrected chi connectivity index (χ4v) is 1.77. The van der Waals surface area contributed by atoms with Crippen molar-refractivity contribution in [3.8, 4) is 0 Å². The maximum atomic E-state index is 11.2. The monoisotopic (exact) mass is 314 g/mol. The van der Waals surface area contributed by atoms with Crippen molar-refractivity contribution >= 4 is 17.7 Å². The van der Waals surface area contributed by atoms with Gasteiger partial charge in [-0.2, -0.15) is 0 Å². The number of hydrogen-bond acceptors (Lipinski definition) is 4. The molecule has 0 aromatic carbocycles. The lowest BCUT2D eigenvalue weighted by atomic mass is 10.3. The van der Waals surface area contributed by atoms with Gasteiger partial charge in [0.25, 0.3) is 0 Å². The first-order chi connectivity index (χ1) is 10.5. The summed E-state index contributed by atoms with van der Waals surface area (Å²) in [5.74, 6) is 0.0792. The molecule has 0 saturated heterocycles. The zero-order chi connectivity index (χ0) is 16.8. The van der Waals surface area contributed by atoms with Crippen LogP contribution in [-0.2, 0) is 14.4 Å². The van der Waals surface area contributed by atoms with E-state index in [4.69, 9.17) is 0 Å². The summed E-state index contributed by atoms with van der Waals surface area (Å²) in [7, 11) is 0. The summed E-state index contributed by atoms with van der Waals surface area (Å²) in [6, 6.07) is 0. The molecule has 0 fully saturated rings. The first-order valence-corrected chi connectivity index (χ1v) is 8.05. The highest BCUT2D eigenvalue weighted by atomic mass is 16.2. The predicted molar refractivity (Wildman–Crippen MR) is 86.3 cm³/mol. The third-order valence-corrected chi connectivity index (χ3v) is 3.21. The molecule has 0 bridgehead atoms. The molecule has 0 rings (SSSR count). The maximum Gasteiger partial charge on any atom is 0.219 e. The zero-order valence-corrected chi connectivity index (χ0v) is 14.0. The number of nitrogens with zero attached hydrogens (tertiary/aromatic N) is 1. The third kappa shape index (κ3) is 11.1. The number of carbonyl (C=O) groups is 3. The lowest BCUT2D eigenvalue weighted by molar-refractivity contribution is -0.121. The van der Waals surface area contributed by atoms with Crippen molar-refractivity contribution in [3.05, 3.63) is 0 Å². The normalized spacial score (nSPS) is 10.4. The predicted octanol–water partition coefficient (Wildman–Crippen LogP) is -0.133. The van der Waals surface area contributed by atoms with Crippen molar-refractivity contribution in [2.75, 3.05) is 39.3 Å². The van der Waals surface area contributed by atoms with Crippen molar-refractivity contribution < 1.29 is 14.4 Å². The van der Waals surface area contributed by atoms with E-state index in [1.807, 2.05) is 20.8 Å². The van der Waals surface area contributed by atoms with Gasteiger partial charge < -0.3 is 16.0 Å². The fraction of sp³-hybridized carbons (Fsp3) is 0.800. The SMILES string of the molecule is CCC(=O)NCCN(CCNC(=O)CC)CCNC(=O)CC. The summed E-state index contributed by atoms with van der Waals surface area (Å²) in [4.78, 5) is 35.8. The van der Waals surface area contributed by atoms with E-state index in [-0.39, 0.29) is 17.7 Å². The van der Waals surface area contributed by atoms with Gasteiger partial charge in [0, 0.05) is 58.5 Å². The molecule has 0 unspecified atom stereocenters. The molecule has 22 heavy (non-hydrogen) atoms. The largest absolute Gasteiger partial charge is 0.355 e. The highest BCUT2D eigenvalue weighted by molar-refractivity contribution is 5.76. The minimum Gasteiger partial charge on any atom is -0.355 e. The Hall–Kier alpha value is -1.63. The Kier molecular flexibility index (Phi) is 12.1. The summed E-state index contributed by atoms with van der Waals surface area (Å²) < 4.78 is 0. The molecule has 3 amide bonds. The highest BCUT2D eigenvalue weighted by Crippen LogP contribution is 1.88. The molecule has 0 aromatic heterocycles. The van der Waals surface area contributed by atoms with Crippen molar-refractivity contribution in [1.82, 2.24) is 20.9 Å². The van der Waals surface area contributed by atoms with Gasteiger partial charge in [-0.1, -0.05) is 20.8 Å². The topological polar surface area (TPSA) is 90.5 Å².